The van der Waals surface area contributed by atoms with Crippen molar-refractivity contribution in [2.24, 2.45) is 0 Å². The lowest BCUT2D eigenvalue weighted by Crippen LogP contribution is -1.93. The molecule has 0 N–H and O–H groups in total. The lowest BCUT2D eigenvalue weighted by molar-refractivity contribution is 0.879. The van der Waals surface area contributed by atoms with E-state index >= 15 is 0 Å². The first-order valence-electron chi connectivity index (χ1n) is 3.63. The third kappa shape index (κ3) is 1.84. The molecule has 0 aliphatic heterocycles. The molecule has 0 fully saturated rings. The minimum absolute atomic E-state index is 1.01. The molecule has 0 amide bonds. The SMILES string of the molecule is Brc1ccc(-n2c[c]cn2)cc1Br. The first-order valence-corrected chi connectivity index (χ1v) is 5.22. The standard InChI is InChI=1S/C9H5Br2N2/c10-8-3-2-7(6-9(8)11)13-5-1-4-12-13/h2-6H. The van der Waals surface area contributed by atoms with Gasteiger partial charge in [0.05, 0.1) is 11.9 Å². The van der Waals surface area contributed by atoms with Gasteiger partial charge in [0.25, 0.3) is 0 Å². The summed E-state index contributed by atoms with van der Waals surface area (Å²) < 4.78 is 3.81. The second-order valence-corrected chi connectivity index (χ2v) is 4.19. The molecule has 1 radical (unpaired) electrons. The van der Waals surface area contributed by atoms with E-state index in [1.165, 1.54) is 0 Å². The average Bonchev–Trinajstić information content (AvgIpc) is 2.62. The number of hydrogen-bond donors (Lipinski definition) is 0. The predicted molar refractivity (Wildman–Crippen MR) is 57.8 cm³/mol. The normalized spacial score (nSPS) is 10.3. The Balaban J connectivity index is 2.49. The Morgan fingerprint density at radius 2 is 2.08 bits per heavy atom. The van der Waals surface area contributed by atoms with Gasteiger partial charge >= 0.3 is 0 Å². The van der Waals surface area contributed by atoms with Crippen LogP contribution >= 0.6 is 31.9 Å². The smallest absolute Gasteiger partial charge is 0.0657 e. The van der Waals surface area contributed by atoms with E-state index in [9.17, 15) is 0 Å². The van der Waals surface area contributed by atoms with Gasteiger partial charge in [0.15, 0.2) is 0 Å². The molecule has 0 saturated carbocycles. The van der Waals surface area contributed by atoms with Crippen molar-refractivity contribution in [1.82, 2.24) is 9.78 Å². The van der Waals surface area contributed by atoms with Gasteiger partial charge in [0.1, 0.15) is 0 Å². The van der Waals surface area contributed by atoms with Crippen LogP contribution in [0, 0.1) is 6.07 Å². The summed E-state index contributed by atoms with van der Waals surface area (Å²) in [6, 6.07) is 8.83. The van der Waals surface area contributed by atoms with Gasteiger partial charge in [-0.05, 0) is 50.1 Å². The topological polar surface area (TPSA) is 17.8 Å². The summed E-state index contributed by atoms with van der Waals surface area (Å²) in [6.07, 6.45) is 3.42. The zero-order valence-corrected chi connectivity index (χ0v) is 9.71. The van der Waals surface area contributed by atoms with Crippen molar-refractivity contribution in [2.45, 2.75) is 0 Å². The van der Waals surface area contributed by atoms with Crippen LogP contribution in [0.4, 0.5) is 0 Å². The van der Waals surface area contributed by atoms with Gasteiger partial charge in [-0.3, -0.25) is 0 Å². The van der Waals surface area contributed by atoms with E-state index in [1.54, 1.807) is 17.1 Å². The molecule has 0 atom stereocenters. The van der Waals surface area contributed by atoms with Crippen LogP contribution in [0.2, 0.25) is 0 Å². The van der Waals surface area contributed by atoms with Crippen LogP contribution < -0.4 is 0 Å². The predicted octanol–water partition coefficient (Wildman–Crippen LogP) is 3.20. The maximum absolute atomic E-state index is 4.08. The van der Waals surface area contributed by atoms with E-state index < -0.39 is 0 Å². The van der Waals surface area contributed by atoms with Gasteiger partial charge in [-0.1, -0.05) is 0 Å². The molecule has 0 bridgehead atoms. The molecule has 13 heavy (non-hydrogen) atoms. The maximum Gasteiger partial charge on any atom is 0.0657 e. The van der Waals surface area contributed by atoms with Gasteiger partial charge in [-0.25, -0.2) is 4.68 Å². The molecule has 0 unspecified atom stereocenters. The third-order valence-electron chi connectivity index (χ3n) is 1.62. The van der Waals surface area contributed by atoms with Gasteiger partial charge < -0.3 is 0 Å². The fourth-order valence-electron chi connectivity index (χ4n) is 1.00. The van der Waals surface area contributed by atoms with Crippen LogP contribution in [0.3, 0.4) is 0 Å². The molecular formula is C9H5Br2N2. The van der Waals surface area contributed by atoms with E-state index in [-0.39, 0.29) is 0 Å². The second kappa shape index (κ2) is 3.64. The lowest BCUT2D eigenvalue weighted by Gasteiger charge is -2.02. The molecule has 0 spiro atoms. The summed E-state index contributed by atoms with van der Waals surface area (Å²) >= 11 is 6.84. The highest BCUT2D eigenvalue weighted by atomic mass is 79.9. The molecule has 2 rings (SSSR count). The molecule has 2 nitrogen and oxygen atoms in total. The zero-order valence-electron chi connectivity index (χ0n) is 6.54. The van der Waals surface area contributed by atoms with Crippen LogP contribution in [-0.2, 0) is 0 Å². The van der Waals surface area contributed by atoms with Crippen molar-refractivity contribution < 1.29 is 0 Å². The van der Waals surface area contributed by atoms with Gasteiger partial charge in [-0.15, -0.1) is 0 Å². The molecule has 65 valence electrons. The summed E-state index contributed by atoms with van der Waals surface area (Å²) in [7, 11) is 0. The summed E-state index contributed by atoms with van der Waals surface area (Å²) in [5, 5.41) is 4.08. The van der Waals surface area contributed by atoms with Crippen molar-refractivity contribution in [3.8, 4) is 5.69 Å². The molecule has 0 saturated heterocycles. The third-order valence-corrected chi connectivity index (χ3v) is 3.50. The van der Waals surface area contributed by atoms with E-state index in [0.29, 0.717) is 0 Å². The van der Waals surface area contributed by atoms with E-state index in [1.807, 2.05) is 18.2 Å². The Bertz CT molecular complexity index is 410. The summed E-state index contributed by atoms with van der Waals surface area (Å²) in [5.74, 6) is 0. The van der Waals surface area contributed by atoms with Crippen molar-refractivity contribution >= 4 is 31.9 Å². The highest BCUT2D eigenvalue weighted by Gasteiger charge is 1.99. The average molecular weight is 301 g/mol. The van der Waals surface area contributed by atoms with Crippen molar-refractivity contribution in [1.29, 1.82) is 0 Å². The number of nitrogens with zero attached hydrogens (tertiary/aromatic N) is 2. The van der Waals surface area contributed by atoms with Crippen LogP contribution in [-0.4, -0.2) is 9.78 Å². The van der Waals surface area contributed by atoms with Crippen LogP contribution in [0.1, 0.15) is 0 Å². The molecule has 1 heterocycles. The summed E-state index contributed by atoms with van der Waals surface area (Å²) in [4.78, 5) is 0. The Morgan fingerprint density at radius 3 is 2.69 bits per heavy atom. The zero-order chi connectivity index (χ0) is 9.26. The number of halogens is 2. The van der Waals surface area contributed by atoms with Crippen LogP contribution in [0.5, 0.6) is 0 Å². The van der Waals surface area contributed by atoms with Crippen molar-refractivity contribution in [3.63, 3.8) is 0 Å². The maximum atomic E-state index is 4.08. The molecule has 0 aliphatic rings. The van der Waals surface area contributed by atoms with Crippen molar-refractivity contribution in [3.05, 3.63) is 45.6 Å². The Morgan fingerprint density at radius 1 is 1.23 bits per heavy atom. The number of rotatable bonds is 1. The highest BCUT2D eigenvalue weighted by Crippen LogP contribution is 2.24. The molecule has 1 aromatic heterocycles. The largest absolute Gasteiger partial charge is 0.240 e. The van der Waals surface area contributed by atoms with E-state index in [2.05, 4.69) is 43.0 Å². The monoisotopic (exact) mass is 299 g/mol. The minimum atomic E-state index is 1.01. The van der Waals surface area contributed by atoms with Gasteiger partial charge in [0.2, 0.25) is 0 Å². The molecule has 0 aliphatic carbocycles. The first-order chi connectivity index (χ1) is 6.27. The molecule has 1 aromatic carbocycles. The number of hydrogen-bond acceptors (Lipinski definition) is 1. The van der Waals surface area contributed by atoms with Crippen LogP contribution in [0.15, 0.2) is 39.5 Å². The van der Waals surface area contributed by atoms with E-state index in [0.717, 1.165) is 14.6 Å². The van der Waals surface area contributed by atoms with Crippen LogP contribution in [0.25, 0.3) is 5.69 Å². The number of aromatic nitrogens is 2. The molecular weight excluding hydrogens is 296 g/mol. The summed E-state index contributed by atoms with van der Waals surface area (Å²) in [6.45, 7) is 0. The molecule has 4 heteroatoms. The fourth-order valence-corrected chi connectivity index (χ4v) is 1.61. The summed E-state index contributed by atoms with van der Waals surface area (Å²) in [5.41, 5.74) is 1.01. The minimum Gasteiger partial charge on any atom is -0.240 e. The van der Waals surface area contributed by atoms with Crippen molar-refractivity contribution in [2.75, 3.05) is 0 Å². The first kappa shape index (κ1) is 8.97. The molecule has 2 aromatic rings. The quantitative estimate of drug-likeness (QED) is 0.791. The van der Waals surface area contributed by atoms with Gasteiger partial charge in [0, 0.05) is 21.2 Å². The Labute approximate surface area is 92.8 Å². The highest BCUT2D eigenvalue weighted by molar-refractivity contribution is 9.13. The Kier molecular flexibility index (Phi) is 2.51. The lowest BCUT2D eigenvalue weighted by atomic mass is 10.3. The van der Waals surface area contributed by atoms with Gasteiger partial charge in [-0.2, -0.15) is 5.10 Å². The fraction of sp³-hybridized carbons (Fsp3) is 0. The van der Waals surface area contributed by atoms with E-state index in [4.69, 9.17) is 0 Å². The second-order valence-electron chi connectivity index (χ2n) is 2.48. The Hall–Kier alpha value is -0.610. The number of benzene rings is 1.